The Bertz CT molecular complexity index is 668. The van der Waals surface area contributed by atoms with Crippen molar-refractivity contribution in [3.05, 3.63) is 54.1 Å². The second-order valence-electron chi connectivity index (χ2n) is 6.44. The molecule has 146 valence electrons. The first kappa shape index (κ1) is 20.6. The van der Waals surface area contributed by atoms with Gasteiger partial charge in [0.15, 0.2) is 0 Å². The molecule has 2 aromatic heterocycles. The standard InChI is InChI=1S/C19H26N4O.CH2O2/c1-2-22-12-8-18(9-13-22)23(19(24)16-6-11-20-15-16)14-7-17-5-3-4-10-21-17;2-1-3/h3-6,10-11,15,18,20H,2,7-9,12-14H2,1H3;1H,(H,2,3). The highest BCUT2D eigenvalue weighted by Gasteiger charge is 2.28. The smallest absolute Gasteiger partial charge is 0.290 e. The molecule has 1 aliphatic rings. The van der Waals surface area contributed by atoms with Gasteiger partial charge in [0.05, 0.1) is 5.56 Å². The van der Waals surface area contributed by atoms with Crippen LogP contribution in [-0.4, -0.2) is 69.5 Å². The highest BCUT2D eigenvalue weighted by atomic mass is 16.3. The van der Waals surface area contributed by atoms with E-state index in [0.29, 0.717) is 6.04 Å². The Morgan fingerprint density at radius 2 is 2.11 bits per heavy atom. The fraction of sp³-hybridized carbons (Fsp3) is 0.450. The van der Waals surface area contributed by atoms with Crippen LogP contribution < -0.4 is 0 Å². The van der Waals surface area contributed by atoms with Gasteiger partial charge < -0.3 is 19.9 Å². The lowest BCUT2D eigenvalue weighted by molar-refractivity contribution is -0.122. The van der Waals surface area contributed by atoms with Gasteiger partial charge in [0.2, 0.25) is 0 Å². The molecule has 0 aliphatic carbocycles. The van der Waals surface area contributed by atoms with Crippen LogP contribution in [0.4, 0.5) is 0 Å². The highest BCUT2D eigenvalue weighted by molar-refractivity contribution is 5.94. The second-order valence-corrected chi connectivity index (χ2v) is 6.44. The van der Waals surface area contributed by atoms with Gasteiger partial charge in [-0.2, -0.15) is 0 Å². The topological polar surface area (TPSA) is 89.5 Å². The Hall–Kier alpha value is -2.67. The van der Waals surface area contributed by atoms with E-state index < -0.39 is 0 Å². The zero-order valence-electron chi connectivity index (χ0n) is 15.8. The SMILES string of the molecule is CCN1CCC(N(CCc2ccccn2)C(=O)c2cc[nH]c2)CC1.O=CO. The van der Waals surface area contributed by atoms with E-state index >= 15 is 0 Å². The first-order valence-electron chi connectivity index (χ1n) is 9.33. The van der Waals surface area contributed by atoms with E-state index in [2.05, 4.69) is 26.7 Å². The van der Waals surface area contributed by atoms with Crippen LogP contribution in [0.15, 0.2) is 42.9 Å². The molecule has 1 saturated heterocycles. The number of likely N-dealkylation sites (tertiary alicyclic amines) is 1. The maximum Gasteiger partial charge on any atom is 0.290 e. The van der Waals surface area contributed by atoms with E-state index in [1.165, 1.54) is 0 Å². The summed E-state index contributed by atoms with van der Waals surface area (Å²) in [6.07, 6.45) is 8.30. The summed E-state index contributed by atoms with van der Waals surface area (Å²) in [4.78, 5) is 33.2. The van der Waals surface area contributed by atoms with Gasteiger partial charge in [-0.1, -0.05) is 13.0 Å². The summed E-state index contributed by atoms with van der Waals surface area (Å²) < 4.78 is 0. The minimum atomic E-state index is -0.250. The molecule has 0 aromatic carbocycles. The lowest BCUT2D eigenvalue weighted by atomic mass is 10.0. The third-order valence-corrected chi connectivity index (χ3v) is 4.89. The van der Waals surface area contributed by atoms with Crippen molar-refractivity contribution in [2.45, 2.75) is 32.2 Å². The molecule has 3 heterocycles. The molecule has 0 atom stereocenters. The van der Waals surface area contributed by atoms with Crippen LogP contribution in [0.2, 0.25) is 0 Å². The van der Waals surface area contributed by atoms with Crippen molar-refractivity contribution in [3.8, 4) is 0 Å². The summed E-state index contributed by atoms with van der Waals surface area (Å²) >= 11 is 0. The third-order valence-electron chi connectivity index (χ3n) is 4.89. The molecular formula is C20H28N4O3. The van der Waals surface area contributed by atoms with Gasteiger partial charge in [0, 0.05) is 56.4 Å². The Balaban J connectivity index is 0.000000817. The molecule has 1 amide bonds. The van der Waals surface area contributed by atoms with Gasteiger partial charge >= 0.3 is 0 Å². The fourth-order valence-electron chi connectivity index (χ4n) is 3.40. The zero-order chi connectivity index (χ0) is 19.5. The molecule has 1 aliphatic heterocycles. The van der Waals surface area contributed by atoms with Crippen LogP contribution in [0, 0.1) is 0 Å². The summed E-state index contributed by atoms with van der Waals surface area (Å²) in [5.41, 5.74) is 1.78. The van der Waals surface area contributed by atoms with Crippen molar-refractivity contribution in [2.24, 2.45) is 0 Å². The number of carboxylic acid groups (broad SMARTS) is 1. The van der Waals surface area contributed by atoms with E-state index in [0.717, 1.165) is 56.7 Å². The van der Waals surface area contributed by atoms with Gasteiger partial charge in [-0.3, -0.25) is 14.6 Å². The van der Waals surface area contributed by atoms with Crippen molar-refractivity contribution >= 4 is 12.4 Å². The van der Waals surface area contributed by atoms with Crippen molar-refractivity contribution in [2.75, 3.05) is 26.2 Å². The molecule has 0 unspecified atom stereocenters. The Morgan fingerprint density at radius 1 is 1.37 bits per heavy atom. The molecule has 0 radical (unpaired) electrons. The van der Waals surface area contributed by atoms with E-state index in [9.17, 15) is 4.79 Å². The van der Waals surface area contributed by atoms with Gasteiger partial charge in [0.1, 0.15) is 0 Å². The zero-order valence-corrected chi connectivity index (χ0v) is 15.8. The minimum absolute atomic E-state index is 0.127. The number of amides is 1. The van der Waals surface area contributed by atoms with E-state index in [-0.39, 0.29) is 12.4 Å². The highest BCUT2D eigenvalue weighted by Crippen LogP contribution is 2.19. The lowest BCUT2D eigenvalue weighted by Gasteiger charge is -2.38. The second kappa shape index (κ2) is 11.1. The van der Waals surface area contributed by atoms with Crippen molar-refractivity contribution < 1.29 is 14.7 Å². The average Bonchev–Trinajstić information content (AvgIpc) is 3.25. The van der Waals surface area contributed by atoms with E-state index in [1.54, 1.807) is 6.20 Å². The number of carbonyl (C=O) groups excluding carboxylic acids is 1. The molecule has 1 fully saturated rings. The normalized spacial score (nSPS) is 14.9. The molecule has 0 saturated carbocycles. The van der Waals surface area contributed by atoms with Crippen LogP contribution in [0.3, 0.4) is 0 Å². The summed E-state index contributed by atoms with van der Waals surface area (Å²) in [6.45, 7) is 5.90. The van der Waals surface area contributed by atoms with Crippen molar-refractivity contribution in [1.82, 2.24) is 19.8 Å². The number of rotatable bonds is 6. The number of hydrogen-bond donors (Lipinski definition) is 2. The number of piperidine rings is 1. The predicted octanol–water partition coefficient (Wildman–Crippen LogP) is 2.28. The van der Waals surface area contributed by atoms with Crippen LogP contribution in [0.1, 0.15) is 35.8 Å². The monoisotopic (exact) mass is 372 g/mol. The molecule has 27 heavy (non-hydrogen) atoms. The average molecular weight is 372 g/mol. The van der Waals surface area contributed by atoms with Crippen molar-refractivity contribution in [1.29, 1.82) is 0 Å². The maximum absolute atomic E-state index is 12.9. The van der Waals surface area contributed by atoms with E-state index in [1.807, 2.05) is 36.7 Å². The number of hydrogen-bond acceptors (Lipinski definition) is 4. The minimum Gasteiger partial charge on any atom is -0.483 e. The number of nitrogens with zero attached hydrogens (tertiary/aromatic N) is 3. The Labute approximate surface area is 160 Å². The summed E-state index contributed by atoms with van der Waals surface area (Å²) in [6, 6.07) is 8.13. The molecule has 7 heteroatoms. The molecule has 0 bridgehead atoms. The number of carbonyl (C=O) groups is 2. The summed E-state index contributed by atoms with van der Waals surface area (Å²) in [5.74, 6) is 0.127. The number of nitrogens with one attached hydrogen (secondary N) is 1. The van der Waals surface area contributed by atoms with Gasteiger partial charge in [-0.25, -0.2) is 0 Å². The fourth-order valence-corrected chi connectivity index (χ4v) is 3.40. The van der Waals surface area contributed by atoms with Crippen LogP contribution in [0.5, 0.6) is 0 Å². The number of aromatic amines is 1. The van der Waals surface area contributed by atoms with Crippen LogP contribution in [0.25, 0.3) is 0 Å². The predicted molar refractivity (Wildman–Crippen MR) is 104 cm³/mol. The first-order chi connectivity index (χ1) is 13.2. The van der Waals surface area contributed by atoms with Gasteiger partial charge in [0.25, 0.3) is 12.4 Å². The number of aromatic nitrogens is 2. The van der Waals surface area contributed by atoms with Crippen LogP contribution >= 0.6 is 0 Å². The molecular weight excluding hydrogens is 344 g/mol. The molecule has 7 nitrogen and oxygen atoms in total. The quantitative estimate of drug-likeness (QED) is 0.760. The molecule has 2 N–H and O–H groups in total. The Morgan fingerprint density at radius 3 is 2.67 bits per heavy atom. The van der Waals surface area contributed by atoms with E-state index in [4.69, 9.17) is 9.90 Å². The molecule has 2 aromatic rings. The third kappa shape index (κ3) is 6.21. The Kier molecular flexibility index (Phi) is 8.51. The lowest BCUT2D eigenvalue weighted by Crippen LogP contribution is -2.48. The summed E-state index contributed by atoms with van der Waals surface area (Å²) in [7, 11) is 0. The van der Waals surface area contributed by atoms with Gasteiger partial charge in [-0.15, -0.1) is 0 Å². The van der Waals surface area contributed by atoms with Gasteiger partial charge in [-0.05, 0) is 37.6 Å². The number of H-pyrrole nitrogens is 1. The number of pyridine rings is 1. The largest absolute Gasteiger partial charge is 0.483 e. The molecule has 3 rings (SSSR count). The molecule has 0 spiro atoms. The first-order valence-corrected chi connectivity index (χ1v) is 9.33. The van der Waals surface area contributed by atoms with Crippen molar-refractivity contribution in [3.63, 3.8) is 0 Å². The summed E-state index contributed by atoms with van der Waals surface area (Å²) in [5, 5.41) is 6.89. The maximum atomic E-state index is 12.9. The van der Waals surface area contributed by atoms with Crippen LogP contribution in [-0.2, 0) is 11.2 Å².